The number of piperidine rings is 1. The second-order valence-corrected chi connectivity index (χ2v) is 7.32. The summed E-state index contributed by atoms with van der Waals surface area (Å²) in [6, 6.07) is 11.8. The van der Waals surface area contributed by atoms with Crippen molar-refractivity contribution in [3.8, 4) is 11.3 Å². The Labute approximate surface area is 165 Å². The Bertz CT molecular complexity index is 970. The van der Waals surface area contributed by atoms with Crippen LogP contribution in [0, 0.1) is 13.8 Å². The summed E-state index contributed by atoms with van der Waals surface area (Å²) in [5.74, 6) is 0.0761. The number of nitrogens with zero attached hydrogens (tertiary/aromatic N) is 4. The largest absolute Gasteiger partial charge is 0.332 e. The zero-order valence-electron chi connectivity index (χ0n) is 16.3. The van der Waals surface area contributed by atoms with Crippen LogP contribution in [-0.4, -0.2) is 32.3 Å². The van der Waals surface area contributed by atoms with E-state index in [0.29, 0.717) is 5.56 Å². The molecular formula is C23H24N4O. The minimum absolute atomic E-state index is 0.0761. The summed E-state index contributed by atoms with van der Waals surface area (Å²) in [6.45, 7) is 4.67. The lowest BCUT2D eigenvalue weighted by atomic mass is 9.95. The summed E-state index contributed by atoms with van der Waals surface area (Å²) in [4.78, 5) is 28.4. The Morgan fingerprint density at radius 1 is 1.07 bits per heavy atom. The summed E-state index contributed by atoms with van der Waals surface area (Å²) in [5, 5.41) is 0. The molecule has 1 aliphatic heterocycles. The second kappa shape index (κ2) is 7.89. The molecule has 1 aromatic carbocycles. The number of carbonyl (C=O) groups excluding carboxylic acids is 1. The number of amides is 1. The van der Waals surface area contributed by atoms with Crippen molar-refractivity contribution in [1.82, 2.24) is 19.9 Å². The van der Waals surface area contributed by atoms with E-state index in [1.807, 2.05) is 55.3 Å². The van der Waals surface area contributed by atoms with E-state index in [9.17, 15) is 4.79 Å². The van der Waals surface area contributed by atoms with E-state index in [2.05, 4.69) is 21.0 Å². The molecule has 1 amide bonds. The third-order valence-electron chi connectivity index (χ3n) is 5.31. The van der Waals surface area contributed by atoms with E-state index in [-0.39, 0.29) is 11.9 Å². The molecule has 0 radical (unpaired) electrons. The molecule has 1 saturated heterocycles. The summed E-state index contributed by atoms with van der Waals surface area (Å²) in [6.07, 6.45) is 8.57. The first-order valence-electron chi connectivity index (χ1n) is 9.75. The predicted molar refractivity (Wildman–Crippen MR) is 109 cm³/mol. The molecule has 1 unspecified atom stereocenters. The maximum absolute atomic E-state index is 13.2. The highest BCUT2D eigenvalue weighted by atomic mass is 16.2. The number of hydrogen-bond donors (Lipinski definition) is 0. The van der Waals surface area contributed by atoms with Crippen LogP contribution in [0.3, 0.4) is 0 Å². The highest BCUT2D eigenvalue weighted by Gasteiger charge is 2.28. The van der Waals surface area contributed by atoms with Gasteiger partial charge in [0.1, 0.15) is 0 Å². The van der Waals surface area contributed by atoms with Crippen LogP contribution in [0.1, 0.15) is 52.6 Å². The molecule has 0 spiro atoms. The van der Waals surface area contributed by atoms with Gasteiger partial charge < -0.3 is 4.90 Å². The third-order valence-corrected chi connectivity index (χ3v) is 5.31. The van der Waals surface area contributed by atoms with Crippen molar-refractivity contribution in [2.45, 2.75) is 39.2 Å². The van der Waals surface area contributed by atoms with Crippen LogP contribution in [0.15, 0.2) is 55.0 Å². The van der Waals surface area contributed by atoms with Gasteiger partial charge in [-0.1, -0.05) is 18.2 Å². The fraction of sp³-hybridized carbons (Fsp3) is 0.304. The molecule has 28 heavy (non-hydrogen) atoms. The molecule has 2 aromatic heterocycles. The second-order valence-electron chi connectivity index (χ2n) is 7.32. The van der Waals surface area contributed by atoms with Gasteiger partial charge in [0.25, 0.3) is 5.91 Å². The van der Waals surface area contributed by atoms with Gasteiger partial charge in [0, 0.05) is 36.3 Å². The average Bonchev–Trinajstić information content (AvgIpc) is 2.76. The molecule has 142 valence electrons. The van der Waals surface area contributed by atoms with Crippen molar-refractivity contribution < 1.29 is 4.79 Å². The Hall–Kier alpha value is -3.08. The highest BCUT2D eigenvalue weighted by molar-refractivity contribution is 5.95. The van der Waals surface area contributed by atoms with Crippen molar-refractivity contribution in [3.05, 3.63) is 77.5 Å². The van der Waals surface area contributed by atoms with Crippen LogP contribution in [0.4, 0.5) is 0 Å². The molecule has 0 aliphatic carbocycles. The number of likely N-dealkylation sites (tertiary alicyclic amines) is 1. The molecule has 1 aliphatic rings. The molecular weight excluding hydrogens is 348 g/mol. The number of aryl methyl sites for hydroxylation is 2. The molecule has 0 N–H and O–H groups in total. The van der Waals surface area contributed by atoms with Crippen LogP contribution in [0.5, 0.6) is 0 Å². The Morgan fingerprint density at radius 2 is 1.89 bits per heavy atom. The molecule has 0 saturated carbocycles. The third kappa shape index (κ3) is 3.65. The molecule has 5 heteroatoms. The topological polar surface area (TPSA) is 59.0 Å². The van der Waals surface area contributed by atoms with Crippen molar-refractivity contribution in [1.29, 1.82) is 0 Å². The molecule has 0 bridgehead atoms. The first-order chi connectivity index (χ1) is 13.6. The Balaban J connectivity index is 1.60. The first-order valence-corrected chi connectivity index (χ1v) is 9.75. The van der Waals surface area contributed by atoms with E-state index in [1.165, 1.54) is 0 Å². The monoisotopic (exact) mass is 372 g/mol. The zero-order chi connectivity index (χ0) is 19.5. The van der Waals surface area contributed by atoms with Crippen LogP contribution in [0.25, 0.3) is 11.3 Å². The molecule has 3 aromatic rings. The Morgan fingerprint density at radius 3 is 2.64 bits per heavy atom. The molecule has 5 nitrogen and oxygen atoms in total. The predicted octanol–water partition coefficient (Wildman–Crippen LogP) is 4.52. The highest BCUT2D eigenvalue weighted by Crippen LogP contribution is 2.32. The number of carbonyl (C=O) groups is 1. The van der Waals surface area contributed by atoms with Gasteiger partial charge in [-0.3, -0.25) is 14.8 Å². The van der Waals surface area contributed by atoms with Gasteiger partial charge in [0.05, 0.1) is 23.1 Å². The van der Waals surface area contributed by atoms with Gasteiger partial charge in [-0.25, -0.2) is 4.98 Å². The maximum Gasteiger partial charge on any atom is 0.254 e. The van der Waals surface area contributed by atoms with E-state index < -0.39 is 0 Å². The van der Waals surface area contributed by atoms with Crippen LogP contribution < -0.4 is 0 Å². The van der Waals surface area contributed by atoms with Gasteiger partial charge in [-0.15, -0.1) is 0 Å². The number of aromatic nitrogens is 3. The number of hydrogen-bond acceptors (Lipinski definition) is 4. The first kappa shape index (κ1) is 18.3. The summed E-state index contributed by atoms with van der Waals surface area (Å²) >= 11 is 0. The van der Waals surface area contributed by atoms with Crippen molar-refractivity contribution in [2.24, 2.45) is 0 Å². The fourth-order valence-corrected chi connectivity index (χ4v) is 3.84. The van der Waals surface area contributed by atoms with E-state index in [1.54, 1.807) is 12.4 Å². The standard InChI is InChI=1S/C23H24N4O/c1-16-14-25-17(2)22(26-16)18-8-10-19(11-9-18)23(28)27-13-4-3-7-21(27)20-6-5-12-24-15-20/h5-6,8-12,14-15,21H,3-4,7,13H2,1-2H3. The van der Waals surface area contributed by atoms with E-state index in [4.69, 9.17) is 0 Å². The SMILES string of the molecule is Cc1cnc(C)c(-c2ccc(C(=O)N3CCCCC3c3cccnc3)cc2)n1. The summed E-state index contributed by atoms with van der Waals surface area (Å²) in [7, 11) is 0. The fourth-order valence-electron chi connectivity index (χ4n) is 3.84. The number of rotatable bonds is 3. The minimum Gasteiger partial charge on any atom is -0.332 e. The number of pyridine rings is 1. The van der Waals surface area contributed by atoms with Gasteiger partial charge in [0.2, 0.25) is 0 Å². The molecule has 1 atom stereocenters. The van der Waals surface area contributed by atoms with Crippen LogP contribution >= 0.6 is 0 Å². The zero-order valence-corrected chi connectivity index (χ0v) is 16.3. The van der Waals surface area contributed by atoms with Gasteiger partial charge in [-0.05, 0) is 56.9 Å². The Kier molecular flexibility index (Phi) is 5.15. The lowest BCUT2D eigenvalue weighted by Gasteiger charge is -2.36. The lowest BCUT2D eigenvalue weighted by molar-refractivity contribution is 0.0611. The average molecular weight is 372 g/mol. The summed E-state index contributed by atoms with van der Waals surface area (Å²) < 4.78 is 0. The number of benzene rings is 1. The van der Waals surface area contributed by atoms with E-state index >= 15 is 0 Å². The quantitative estimate of drug-likeness (QED) is 0.678. The van der Waals surface area contributed by atoms with Gasteiger partial charge >= 0.3 is 0 Å². The molecule has 4 rings (SSSR count). The van der Waals surface area contributed by atoms with Crippen LogP contribution in [0.2, 0.25) is 0 Å². The van der Waals surface area contributed by atoms with Gasteiger partial charge in [0.15, 0.2) is 0 Å². The smallest absolute Gasteiger partial charge is 0.254 e. The lowest BCUT2D eigenvalue weighted by Crippen LogP contribution is -2.38. The normalized spacial score (nSPS) is 16.8. The maximum atomic E-state index is 13.2. The van der Waals surface area contributed by atoms with Crippen LogP contribution in [-0.2, 0) is 0 Å². The minimum atomic E-state index is 0.0761. The molecule has 1 fully saturated rings. The van der Waals surface area contributed by atoms with Gasteiger partial charge in [-0.2, -0.15) is 0 Å². The van der Waals surface area contributed by atoms with E-state index in [0.717, 1.165) is 54.0 Å². The summed E-state index contributed by atoms with van der Waals surface area (Å²) in [5.41, 5.74) is 5.43. The van der Waals surface area contributed by atoms with Crippen molar-refractivity contribution in [3.63, 3.8) is 0 Å². The molecule has 3 heterocycles. The van der Waals surface area contributed by atoms with Crippen molar-refractivity contribution >= 4 is 5.91 Å². The van der Waals surface area contributed by atoms with Crippen molar-refractivity contribution in [2.75, 3.05) is 6.54 Å².